The van der Waals surface area contributed by atoms with Crippen molar-refractivity contribution in [3.63, 3.8) is 0 Å². The van der Waals surface area contributed by atoms with Gasteiger partial charge in [-0.1, -0.05) is 30.3 Å². The molecule has 0 saturated carbocycles. The minimum atomic E-state index is -0.420. The highest BCUT2D eigenvalue weighted by Gasteiger charge is 2.24. The first-order valence-corrected chi connectivity index (χ1v) is 9.47. The van der Waals surface area contributed by atoms with Crippen molar-refractivity contribution in [2.45, 2.75) is 12.8 Å². The van der Waals surface area contributed by atoms with Crippen molar-refractivity contribution in [1.82, 2.24) is 4.98 Å². The van der Waals surface area contributed by atoms with E-state index < -0.39 is 5.97 Å². The molecular formula is C23H21N3O3. The standard InChI is InChI=1S/C23H21N3O3/c1-29-23(28)18-9-3-4-10-19(18)25-17-12-13-20(24-15-17)22(27)26-14-6-8-16-7-2-5-11-21(16)26/h2-5,7,9-13,15,25H,6,8,14H2,1H3. The number of amides is 1. The molecule has 2 heterocycles. The number of para-hydroxylation sites is 2. The van der Waals surface area contributed by atoms with Crippen molar-refractivity contribution in [2.75, 3.05) is 23.9 Å². The van der Waals surface area contributed by atoms with Gasteiger partial charge in [0.25, 0.3) is 5.91 Å². The predicted octanol–water partition coefficient (Wildman–Crippen LogP) is 4.20. The van der Waals surface area contributed by atoms with Crippen LogP contribution in [0.4, 0.5) is 17.1 Å². The van der Waals surface area contributed by atoms with Crippen molar-refractivity contribution < 1.29 is 14.3 Å². The number of ether oxygens (including phenoxy) is 1. The predicted molar refractivity (Wildman–Crippen MR) is 112 cm³/mol. The number of pyridine rings is 1. The molecule has 1 amide bonds. The van der Waals surface area contributed by atoms with Crippen LogP contribution in [0.1, 0.15) is 32.8 Å². The van der Waals surface area contributed by atoms with Crippen LogP contribution in [0, 0.1) is 0 Å². The molecule has 1 aromatic heterocycles. The molecule has 4 rings (SSSR count). The molecule has 0 atom stereocenters. The van der Waals surface area contributed by atoms with E-state index >= 15 is 0 Å². The zero-order valence-electron chi connectivity index (χ0n) is 16.1. The number of rotatable bonds is 4. The Labute approximate surface area is 169 Å². The van der Waals surface area contributed by atoms with Gasteiger partial charge < -0.3 is 15.0 Å². The molecule has 1 aliphatic rings. The van der Waals surface area contributed by atoms with Crippen LogP contribution in [0.3, 0.4) is 0 Å². The Morgan fingerprint density at radius 2 is 1.83 bits per heavy atom. The van der Waals surface area contributed by atoms with Crippen LogP contribution in [0.15, 0.2) is 66.9 Å². The van der Waals surface area contributed by atoms with Crippen molar-refractivity contribution in [2.24, 2.45) is 0 Å². The van der Waals surface area contributed by atoms with E-state index in [1.807, 2.05) is 24.3 Å². The third-order valence-corrected chi connectivity index (χ3v) is 4.95. The lowest BCUT2D eigenvalue weighted by Crippen LogP contribution is -2.35. The first kappa shape index (κ1) is 18.7. The Kier molecular flexibility index (Phi) is 5.24. The molecule has 0 fully saturated rings. The molecule has 0 radical (unpaired) electrons. The van der Waals surface area contributed by atoms with E-state index in [0.717, 1.165) is 18.5 Å². The quantitative estimate of drug-likeness (QED) is 0.679. The molecule has 1 N–H and O–H groups in total. The van der Waals surface area contributed by atoms with Gasteiger partial charge in [0.1, 0.15) is 5.69 Å². The maximum Gasteiger partial charge on any atom is 0.339 e. The van der Waals surface area contributed by atoms with E-state index in [-0.39, 0.29) is 5.91 Å². The first-order chi connectivity index (χ1) is 14.2. The van der Waals surface area contributed by atoms with E-state index in [1.165, 1.54) is 12.7 Å². The summed E-state index contributed by atoms with van der Waals surface area (Å²) >= 11 is 0. The third-order valence-electron chi connectivity index (χ3n) is 4.95. The van der Waals surface area contributed by atoms with Crippen molar-refractivity contribution in [3.05, 3.63) is 83.7 Å². The molecular weight excluding hydrogens is 366 g/mol. The third kappa shape index (κ3) is 3.82. The number of hydrogen-bond acceptors (Lipinski definition) is 5. The number of nitrogens with one attached hydrogen (secondary N) is 1. The highest BCUT2D eigenvalue weighted by Crippen LogP contribution is 2.28. The summed E-state index contributed by atoms with van der Waals surface area (Å²) in [6.45, 7) is 0.685. The van der Waals surface area contributed by atoms with Gasteiger partial charge in [-0.05, 0) is 48.7 Å². The monoisotopic (exact) mass is 387 g/mol. The van der Waals surface area contributed by atoms with Gasteiger partial charge in [0, 0.05) is 12.2 Å². The van der Waals surface area contributed by atoms with E-state index in [4.69, 9.17) is 4.74 Å². The second-order valence-electron chi connectivity index (χ2n) is 6.78. The van der Waals surface area contributed by atoms with Gasteiger partial charge in [-0.3, -0.25) is 4.79 Å². The molecule has 29 heavy (non-hydrogen) atoms. The number of benzene rings is 2. The van der Waals surface area contributed by atoms with E-state index in [9.17, 15) is 9.59 Å². The highest BCUT2D eigenvalue weighted by molar-refractivity contribution is 6.05. The number of aromatic nitrogens is 1. The van der Waals surface area contributed by atoms with Crippen LogP contribution < -0.4 is 10.2 Å². The topological polar surface area (TPSA) is 71.5 Å². The zero-order valence-corrected chi connectivity index (χ0v) is 16.1. The lowest BCUT2D eigenvalue weighted by molar-refractivity contribution is 0.0601. The summed E-state index contributed by atoms with van der Waals surface area (Å²) in [4.78, 5) is 31.1. The molecule has 6 heteroatoms. The SMILES string of the molecule is COC(=O)c1ccccc1Nc1ccc(C(=O)N2CCCc3ccccc32)nc1. The summed E-state index contributed by atoms with van der Waals surface area (Å²) in [5.41, 5.74) is 4.25. The molecule has 0 unspecified atom stereocenters. The number of carbonyl (C=O) groups is 2. The number of anilines is 3. The van der Waals surface area contributed by atoms with Crippen LogP contribution in [0.5, 0.6) is 0 Å². The van der Waals surface area contributed by atoms with Crippen molar-refractivity contribution in [1.29, 1.82) is 0 Å². The Balaban J connectivity index is 1.54. The number of hydrogen-bond donors (Lipinski definition) is 1. The van der Waals surface area contributed by atoms with Gasteiger partial charge in [-0.15, -0.1) is 0 Å². The Bertz CT molecular complexity index is 1050. The lowest BCUT2D eigenvalue weighted by atomic mass is 10.0. The van der Waals surface area contributed by atoms with Gasteiger partial charge in [0.2, 0.25) is 0 Å². The molecule has 146 valence electrons. The smallest absolute Gasteiger partial charge is 0.339 e. The summed E-state index contributed by atoms with van der Waals surface area (Å²) in [7, 11) is 1.35. The fourth-order valence-electron chi connectivity index (χ4n) is 3.51. The molecule has 3 aromatic rings. The maximum atomic E-state index is 13.0. The van der Waals surface area contributed by atoms with Crippen LogP contribution in [-0.4, -0.2) is 30.5 Å². The number of fused-ring (bicyclic) bond motifs is 1. The first-order valence-electron chi connectivity index (χ1n) is 9.47. The molecule has 0 bridgehead atoms. The second kappa shape index (κ2) is 8.14. The van der Waals surface area contributed by atoms with Crippen LogP contribution in [-0.2, 0) is 11.2 Å². The number of methoxy groups -OCH3 is 1. The summed E-state index contributed by atoms with van der Waals surface area (Å²) < 4.78 is 4.82. The van der Waals surface area contributed by atoms with Crippen molar-refractivity contribution in [3.8, 4) is 0 Å². The van der Waals surface area contributed by atoms with Gasteiger partial charge in [0.05, 0.1) is 30.2 Å². The molecule has 6 nitrogen and oxygen atoms in total. The fraction of sp³-hybridized carbons (Fsp3) is 0.174. The minimum Gasteiger partial charge on any atom is -0.465 e. The summed E-state index contributed by atoms with van der Waals surface area (Å²) in [5.74, 6) is -0.532. The van der Waals surface area contributed by atoms with Gasteiger partial charge in [-0.2, -0.15) is 0 Å². The average Bonchev–Trinajstić information content (AvgIpc) is 2.78. The Hall–Kier alpha value is -3.67. The average molecular weight is 387 g/mol. The normalized spacial score (nSPS) is 12.8. The molecule has 1 aliphatic heterocycles. The Morgan fingerprint density at radius 1 is 1.03 bits per heavy atom. The van der Waals surface area contributed by atoms with E-state index in [0.29, 0.717) is 29.2 Å². The minimum absolute atomic E-state index is 0.112. The number of carbonyl (C=O) groups excluding carboxylic acids is 2. The molecule has 0 saturated heterocycles. The van der Waals surface area contributed by atoms with Crippen LogP contribution in [0.2, 0.25) is 0 Å². The molecule has 0 spiro atoms. The van der Waals surface area contributed by atoms with E-state index in [1.54, 1.807) is 41.4 Å². The maximum absolute atomic E-state index is 13.0. The molecule has 2 aromatic carbocycles. The lowest BCUT2D eigenvalue weighted by Gasteiger charge is -2.29. The summed E-state index contributed by atoms with van der Waals surface area (Å²) in [6, 6.07) is 18.5. The van der Waals surface area contributed by atoms with E-state index in [2.05, 4.69) is 16.4 Å². The number of esters is 1. The second-order valence-corrected chi connectivity index (χ2v) is 6.78. The van der Waals surface area contributed by atoms with Gasteiger partial charge in [0.15, 0.2) is 0 Å². The number of aryl methyl sites for hydroxylation is 1. The van der Waals surface area contributed by atoms with Gasteiger partial charge in [-0.25, -0.2) is 9.78 Å². The molecule has 0 aliphatic carbocycles. The van der Waals surface area contributed by atoms with Crippen LogP contribution >= 0.6 is 0 Å². The van der Waals surface area contributed by atoms with Crippen molar-refractivity contribution >= 4 is 28.9 Å². The largest absolute Gasteiger partial charge is 0.465 e. The zero-order chi connectivity index (χ0) is 20.2. The van der Waals surface area contributed by atoms with Gasteiger partial charge >= 0.3 is 5.97 Å². The Morgan fingerprint density at radius 3 is 2.62 bits per heavy atom. The number of nitrogens with zero attached hydrogens (tertiary/aromatic N) is 2. The summed E-state index contributed by atoms with van der Waals surface area (Å²) in [6.07, 6.45) is 3.51. The fourth-order valence-corrected chi connectivity index (χ4v) is 3.51. The highest BCUT2D eigenvalue weighted by atomic mass is 16.5. The van der Waals surface area contributed by atoms with Crippen LogP contribution in [0.25, 0.3) is 0 Å². The summed E-state index contributed by atoms with van der Waals surface area (Å²) in [5, 5.41) is 3.16.